The van der Waals surface area contributed by atoms with Crippen molar-refractivity contribution in [1.82, 2.24) is 15.0 Å². The first-order chi connectivity index (χ1) is 21.1. The molecule has 228 valence electrons. The van der Waals surface area contributed by atoms with Crippen LogP contribution in [0.5, 0.6) is 0 Å². The van der Waals surface area contributed by atoms with Gasteiger partial charge in [-0.25, -0.2) is 0 Å². The molecule has 0 radical (unpaired) electrons. The summed E-state index contributed by atoms with van der Waals surface area (Å²) in [6, 6.07) is 22.9. The van der Waals surface area contributed by atoms with E-state index in [1.807, 2.05) is 55.5 Å². The summed E-state index contributed by atoms with van der Waals surface area (Å²) in [7, 11) is -3.44. The molecule has 1 spiro atoms. The largest absolute Gasteiger partial charge is 0.395 e. The number of nitro benzene ring substituents is 1. The van der Waals surface area contributed by atoms with E-state index >= 15 is 4.11 Å². The van der Waals surface area contributed by atoms with Gasteiger partial charge in [-0.15, -0.1) is 5.10 Å². The van der Waals surface area contributed by atoms with Crippen LogP contribution in [0.3, 0.4) is 0 Å². The molecule has 1 aromatic heterocycles. The molecule has 1 amide bonds. The van der Waals surface area contributed by atoms with Crippen LogP contribution in [0.15, 0.2) is 85.1 Å². The Kier molecular flexibility index (Phi) is 7.68. The first-order valence-corrected chi connectivity index (χ1v) is 17.6. The van der Waals surface area contributed by atoms with Gasteiger partial charge >= 0.3 is 0 Å². The lowest BCUT2D eigenvalue weighted by molar-refractivity contribution is -0.385. The normalized spacial score (nSPS) is 23.7. The number of nitrogens with zero attached hydrogens (tertiary/aromatic N) is 5. The molecule has 44 heavy (non-hydrogen) atoms. The van der Waals surface area contributed by atoms with Gasteiger partial charge in [0.2, 0.25) is 8.41 Å². The molecule has 3 heterocycles. The molecule has 2 aliphatic rings. The Morgan fingerprint density at radius 3 is 2.43 bits per heavy atom. The van der Waals surface area contributed by atoms with Gasteiger partial charge in [-0.2, -0.15) is 0 Å². The molecule has 1 N–H and O–H groups in total. The number of benzene rings is 3. The summed E-state index contributed by atoms with van der Waals surface area (Å²) in [5, 5.41) is 30.4. The van der Waals surface area contributed by atoms with Crippen molar-refractivity contribution in [2.45, 2.75) is 56.1 Å². The highest BCUT2D eigenvalue weighted by molar-refractivity contribution is 6.72. The van der Waals surface area contributed by atoms with E-state index in [9.17, 15) is 20.0 Å². The second-order valence-corrected chi connectivity index (χ2v) is 15.8. The molecule has 1 saturated heterocycles. The van der Waals surface area contributed by atoms with Gasteiger partial charge in [-0.3, -0.25) is 24.5 Å². The number of hydrogen-bond donors (Lipinski definition) is 1. The lowest BCUT2D eigenvalue weighted by atomic mass is 9.82. The smallest absolute Gasteiger partial charge is 0.269 e. The minimum absolute atomic E-state index is 0.135. The molecule has 1 fully saturated rings. The number of para-hydroxylation sites is 1. The van der Waals surface area contributed by atoms with Crippen molar-refractivity contribution >= 4 is 31.4 Å². The number of nitro groups is 1. The molecule has 3 aromatic carbocycles. The average Bonchev–Trinajstić information content (AvgIpc) is 3.66. The Morgan fingerprint density at radius 2 is 1.80 bits per heavy atom. The molecule has 0 saturated carbocycles. The quantitative estimate of drug-likeness (QED) is 0.108. The standard InChI is InChI=1S/C32H34FN5O5Si/c1-21-30(44(2,3)33)29(16-17-36-19-27(34-35-36)25(20-39)22-10-6-4-7-11-22)43-32(21)26-18-24(38(41)42)14-15-28(26)37(31(32)40)23-12-8-5-9-13-23/h4-15,18-19,21,25,29-30,39H,16-17,20H2,1-3H3/t21-,25?,29+,30-,32+/m1/s1. The van der Waals surface area contributed by atoms with Crippen LogP contribution in [0.25, 0.3) is 0 Å². The van der Waals surface area contributed by atoms with Crippen LogP contribution in [0.2, 0.25) is 18.6 Å². The second-order valence-electron chi connectivity index (χ2n) is 12.0. The maximum atomic E-state index is 16.2. The first kappa shape index (κ1) is 29.8. The maximum Gasteiger partial charge on any atom is 0.269 e. The zero-order valence-corrected chi connectivity index (χ0v) is 25.7. The van der Waals surface area contributed by atoms with Gasteiger partial charge in [-0.05, 0) is 43.3 Å². The van der Waals surface area contributed by atoms with Crippen molar-refractivity contribution in [2.24, 2.45) is 5.92 Å². The van der Waals surface area contributed by atoms with Gasteiger partial charge in [-0.1, -0.05) is 60.7 Å². The number of carbonyl (C=O) groups excluding carboxylic acids is 1. The fraction of sp³-hybridized carbons (Fsp3) is 0.344. The number of hydrogen-bond acceptors (Lipinski definition) is 7. The third-order valence-electron chi connectivity index (χ3n) is 9.02. The van der Waals surface area contributed by atoms with Crippen molar-refractivity contribution in [2.75, 3.05) is 11.5 Å². The number of aliphatic hydroxyl groups is 1. The topological polar surface area (TPSA) is 124 Å². The van der Waals surface area contributed by atoms with Crippen molar-refractivity contribution in [3.05, 3.63) is 112 Å². The van der Waals surface area contributed by atoms with E-state index in [4.69, 9.17) is 4.74 Å². The number of aryl methyl sites for hydroxylation is 1. The molecule has 10 nitrogen and oxygen atoms in total. The van der Waals surface area contributed by atoms with Gasteiger partial charge in [0.25, 0.3) is 11.6 Å². The van der Waals surface area contributed by atoms with E-state index in [-0.39, 0.29) is 24.1 Å². The minimum Gasteiger partial charge on any atom is -0.395 e. The summed E-state index contributed by atoms with van der Waals surface area (Å²) in [6.45, 7) is 5.26. The lowest BCUT2D eigenvalue weighted by Crippen LogP contribution is -2.44. The van der Waals surface area contributed by atoms with Crippen LogP contribution in [0.4, 0.5) is 21.2 Å². The molecule has 1 unspecified atom stereocenters. The Bertz CT molecular complexity index is 1680. The predicted molar refractivity (Wildman–Crippen MR) is 165 cm³/mol. The van der Waals surface area contributed by atoms with Gasteiger partial charge in [0.15, 0.2) is 5.60 Å². The number of non-ortho nitro benzene ring substituents is 1. The molecule has 6 rings (SSSR count). The van der Waals surface area contributed by atoms with Crippen LogP contribution in [-0.4, -0.2) is 52.0 Å². The van der Waals surface area contributed by atoms with Crippen molar-refractivity contribution < 1.29 is 23.7 Å². The van der Waals surface area contributed by atoms with E-state index in [1.54, 1.807) is 42.2 Å². The van der Waals surface area contributed by atoms with Gasteiger partial charge in [0.05, 0.1) is 34.9 Å². The van der Waals surface area contributed by atoms with E-state index in [2.05, 4.69) is 10.3 Å². The Labute approximate surface area is 255 Å². The molecule has 5 atom stereocenters. The summed E-state index contributed by atoms with van der Waals surface area (Å²) >= 11 is 0. The van der Waals surface area contributed by atoms with Crippen LogP contribution in [-0.2, 0) is 21.7 Å². The lowest BCUT2D eigenvalue weighted by Gasteiger charge is -2.31. The van der Waals surface area contributed by atoms with Crippen molar-refractivity contribution in [3.63, 3.8) is 0 Å². The summed E-state index contributed by atoms with van der Waals surface area (Å²) < 4.78 is 24.6. The Hall–Kier alpha value is -4.26. The Morgan fingerprint density at radius 1 is 1.11 bits per heavy atom. The zero-order chi connectivity index (χ0) is 31.2. The number of carbonyl (C=O) groups is 1. The van der Waals surface area contributed by atoms with Crippen LogP contribution >= 0.6 is 0 Å². The highest BCUT2D eigenvalue weighted by atomic mass is 28.4. The van der Waals surface area contributed by atoms with Gasteiger partial charge < -0.3 is 14.0 Å². The van der Waals surface area contributed by atoms with Crippen LogP contribution in [0.1, 0.15) is 36.1 Å². The van der Waals surface area contributed by atoms with E-state index in [1.165, 1.54) is 17.0 Å². The number of ether oxygens (including phenoxy) is 1. The molecule has 2 aliphatic heterocycles. The number of fused-ring (bicyclic) bond motifs is 2. The van der Waals surface area contributed by atoms with Crippen LogP contribution < -0.4 is 4.90 Å². The van der Waals surface area contributed by atoms with Crippen LogP contribution in [0, 0.1) is 16.0 Å². The molecular formula is C32H34FN5O5Si. The SMILES string of the molecule is C[C@@H]1[C@@H]([Si](C)(C)F)[C@H](CCn2cc(C(CO)c3ccccc3)nn2)O[C@@]12C(=O)N(c1ccccc1)c1ccc([N+](=O)[O-])cc12. The van der Waals surface area contributed by atoms with Gasteiger partial charge in [0, 0.05) is 47.6 Å². The number of rotatable bonds is 9. The number of amides is 1. The fourth-order valence-corrected chi connectivity index (χ4v) is 9.62. The molecule has 0 aliphatic carbocycles. The highest BCUT2D eigenvalue weighted by Gasteiger charge is 2.67. The number of aliphatic hydroxyl groups excluding tert-OH is 1. The molecule has 4 aromatic rings. The number of aromatic nitrogens is 3. The third-order valence-corrected chi connectivity index (χ3v) is 11.5. The number of anilines is 2. The molecular weight excluding hydrogens is 581 g/mol. The molecule has 12 heteroatoms. The maximum absolute atomic E-state index is 16.2. The van der Waals surface area contributed by atoms with E-state index in [0.717, 1.165) is 5.56 Å². The monoisotopic (exact) mass is 615 g/mol. The average molecular weight is 616 g/mol. The predicted octanol–water partition coefficient (Wildman–Crippen LogP) is 5.85. The zero-order valence-electron chi connectivity index (χ0n) is 24.7. The summed E-state index contributed by atoms with van der Waals surface area (Å²) in [4.78, 5) is 27.3. The summed E-state index contributed by atoms with van der Waals surface area (Å²) in [5.41, 5.74) is 0.673. The summed E-state index contributed by atoms with van der Waals surface area (Å²) in [5.74, 6) is -1.31. The van der Waals surface area contributed by atoms with Crippen molar-refractivity contribution in [1.29, 1.82) is 0 Å². The Balaban J connectivity index is 1.35. The molecule has 0 bridgehead atoms. The summed E-state index contributed by atoms with van der Waals surface area (Å²) in [6.07, 6.45) is 1.46. The van der Waals surface area contributed by atoms with E-state index < -0.39 is 36.5 Å². The first-order valence-electron chi connectivity index (χ1n) is 14.7. The second kappa shape index (κ2) is 11.3. The van der Waals surface area contributed by atoms with Gasteiger partial charge in [0.1, 0.15) is 0 Å². The number of halogens is 1. The van der Waals surface area contributed by atoms with E-state index in [0.29, 0.717) is 35.6 Å². The highest BCUT2D eigenvalue weighted by Crippen LogP contribution is 2.61. The minimum atomic E-state index is -3.44. The third kappa shape index (κ3) is 4.92. The fourth-order valence-electron chi connectivity index (χ4n) is 7.07. The van der Waals surface area contributed by atoms with Crippen molar-refractivity contribution in [3.8, 4) is 0 Å².